The lowest BCUT2D eigenvalue weighted by molar-refractivity contribution is -0.135. The van der Waals surface area contributed by atoms with E-state index in [1.54, 1.807) is 0 Å². The number of carboxylic acids is 1. The number of aromatic nitrogens is 1. The molecule has 1 aromatic heterocycles. The molecule has 0 spiro atoms. The molecular weight excluding hydrogens is 428 g/mol. The molecule has 11 heteroatoms. The van der Waals surface area contributed by atoms with Crippen molar-refractivity contribution in [1.29, 1.82) is 0 Å². The molecule has 1 amide bonds. The standard InChI is InChI=1S/C18H18Cl2FN3O5/c1-7(2)10-4-9(5-11(15(10)28)23-8(3)25)29-16-13(19)17(21)24-18(14(16)20)22-6-12(26)27/h4-5,7,28H,6H2,1-3H3,(H,22,24)(H,23,25)(H,26,27). The van der Waals surface area contributed by atoms with Crippen LogP contribution in [0.5, 0.6) is 17.2 Å². The van der Waals surface area contributed by atoms with Crippen molar-refractivity contribution in [3.05, 3.63) is 33.7 Å². The van der Waals surface area contributed by atoms with Crippen LogP contribution in [0.25, 0.3) is 0 Å². The van der Waals surface area contributed by atoms with Crippen LogP contribution in [0.15, 0.2) is 12.1 Å². The van der Waals surface area contributed by atoms with E-state index in [9.17, 15) is 19.1 Å². The first-order valence-corrected chi connectivity index (χ1v) is 9.09. The Kier molecular flexibility index (Phi) is 7.10. The number of benzene rings is 1. The van der Waals surface area contributed by atoms with E-state index >= 15 is 0 Å². The third-order valence-electron chi connectivity index (χ3n) is 3.67. The Morgan fingerprint density at radius 3 is 2.48 bits per heavy atom. The number of phenolic OH excluding ortho intramolecular Hbond substituents is 1. The van der Waals surface area contributed by atoms with Gasteiger partial charge in [-0.1, -0.05) is 37.0 Å². The number of pyridine rings is 1. The Hall–Kier alpha value is -2.78. The smallest absolute Gasteiger partial charge is 0.322 e. The van der Waals surface area contributed by atoms with E-state index < -0.39 is 29.4 Å². The summed E-state index contributed by atoms with van der Waals surface area (Å²) in [5.41, 5.74) is 0.543. The summed E-state index contributed by atoms with van der Waals surface area (Å²) < 4.78 is 19.7. The summed E-state index contributed by atoms with van der Waals surface area (Å²) >= 11 is 12.1. The van der Waals surface area contributed by atoms with Crippen LogP contribution in [0, 0.1) is 5.95 Å². The number of rotatable bonds is 7. The van der Waals surface area contributed by atoms with Gasteiger partial charge in [0, 0.05) is 18.6 Å². The molecule has 0 fully saturated rings. The molecule has 0 aliphatic carbocycles. The maximum Gasteiger partial charge on any atom is 0.322 e. The number of anilines is 2. The lowest BCUT2D eigenvalue weighted by Crippen LogP contribution is -2.14. The van der Waals surface area contributed by atoms with Gasteiger partial charge in [-0.3, -0.25) is 9.59 Å². The average Bonchev–Trinajstić information content (AvgIpc) is 2.62. The first-order chi connectivity index (χ1) is 13.5. The maximum absolute atomic E-state index is 14.1. The van der Waals surface area contributed by atoms with E-state index in [0.717, 1.165) is 0 Å². The van der Waals surface area contributed by atoms with Crippen molar-refractivity contribution in [2.45, 2.75) is 26.7 Å². The van der Waals surface area contributed by atoms with Crippen LogP contribution < -0.4 is 15.4 Å². The van der Waals surface area contributed by atoms with Gasteiger partial charge in [0.25, 0.3) is 0 Å². The first-order valence-electron chi connectivity index (χ1n) is 8.33. The highest BCUT2D eigenvalue weighted by Crippen LogP contribution is 2.44. The number of carboxylic acid groups (broad SMARTS) is 1. The molecular formula is C18H18Cl2FN3O5. The zero-order valence-electron chi connectivity index (χ0n) is 15.6. The Bertz CT molecular complexity index is 969. The molecule has 4 N–H and O–H groups in total. The highest BCUT2D eigenvalue weighted by Gasteiger charge is 2.22. The highest BCUT2D eigenvalue weighted by molar-refractivity contribution is 6.38. The largest absolute Gasteiger partial charge is 0.505 e. The van der Waals surface area contributed by atoms with Crippen LogP contribution in [0.4, 0.5) is 15.9 Å². The van der Waals surface area contributed by atoms with Crippen LogP contribution >= 0.6 is 23.2 Å². The molecule has 0 aliphatic rings. The number of phenols is 1. The summed E-state index contributed by atoms with van der Waals surface area (Å²) in [6, 6.07) is 2.80. The molecule has 0 unspecified atom stereocenters. The zero-order chi connectivity index (χ0) is 21.9. The minimum absolute atomic E-state index is 0.0877. The Balaban J connectivity index is 2.53. The summed E-state index contributed by atoms with van der Waals surface area (Å²) in [6.45, 7) is 4.34. The van der Waals surface area contributed by atoms with Gasteiger partial charge in [0.15, 0.2) is 11.6 Å². The quantitative estimate of drug-likeness (QED) is 0.362. The number of aliphatic carboxylic acids is 1. The average molecular weight is 446 g/mol. The molecule has 0 bridgehead atoms. The predicted molar refractivity (Wildman–Crippen MR) is 107 cm³/mol. The number of aromatic hydroxyl groups is 1. The number of carbonyl (C=O) groups is 2. The van der Waals surface area contributed by atoms with E-state index in [1.165, 1.54) is 19.1 Å². The number of carbonyl (C=O) groups excluding carboxylic acids is 1. The van der Waals surface area contributed by atoms with Gasteiger partial charge in [-0.05, 0) is 12.0 Å². The molecule has 0 saturated carbocycles. The molecule has 0 aliphatic heterocycles. The summed E-state index contributed by atoms with van der Waals surface area (Å²) in [5, 5.41) is 23.2. The molecule has 0 radical (unpaired) electrons. The van der Waals surface area contributed by atoms with Crippen LogP contribution in [-0.2, 0) is 9.59 Å². The zero-order valence-corrected chi connectivity index (χ0v) is 17.2. The van der Waals surface area contributed by atoms with Gasteiger partial charge in [0.1, 0.15) is 28.1 Å². The Morgan fingerprint density at radius 2 is 1.93 bits per heavy atom. The van der Waals surface area contributed by atoms with Gasteiger partial charge in [0.2, 0.25) is 11.9 Å². The van der Waals surface area contributed by atoms with Gasteiger partial charge < -0.3 is 25.6 Å². The third kappa shape index (κ3) is 5.39. The monoisotopic (exact) mass is 445 g/mol. The molecule has 0 atom stereocenters. The molecule has 2 aromatic rings. The summed E-state index contributed by atoms with van der Waals surface area (Å²) in [6.07, 6.45) is 0. The van der Waals surface area contributed by atoms with Gasteiger partial charge in [-0.25, -0.2) is 0 Å². The lowest BCUT2D eigenvalue weighted by atomic mass is 10.0. The van der Waals surface area contributed by atoms with Gasteiger partial charge in [-0.2, -0.15) is 9.37 Å². The molecule has 1 aromatic carbocycles. The van der Waals surface area contributed by atoms with Crippen molar-refractivity contribution in [1.82, 2.24) is 4.98 Å². The first kappa shape index (κ1) is 22.5. The van der Waals surface area contributed by atoms with Gasteiger partial charge in [-0.15, -0.1) is 0 Å². The van der Waals surface area contributed by atoms with Gasteiger partial charge in [0.05, 0.1) is 5.69 Å². The summed E-state index contributed by atoms with van der Waals surface area (Å²) in [4.78, 5) is 25.6. The second kappa shape index (κ2) is 9.15. The van der Waals surface area contributed by atoms with Crippen molar-refractivity contribution in [2.24, 2.45) is 0 Å². The van der Waals surface area contributed by atoms with E-state index in [1.807, 2.05) is 13.8 Å². The molecule has 0 saturated heterocycles. The van der Waals surface area contributed by atoms with E-state index in [2.05, 4.69) is 15.6 Å². The fourth-order valence-corrected chi connectivity index (χ4v) is 2.86. The second-order valence-corrected chi connectivity index (χ2v) is 7.06. The molecule has 8 nitrogen and oxygen atoms in total. The van der Waals surface area contributed by atoms with E-state index in [4.69, 9.17) is 33.0 Å². The lowest BCUT2D eigenvalue weighted by Gasteiger charge is -2.17. The maximum atomic E-state index is 14.1. The van der Waals surface area contributed by atoms with Crippen LogP contribution in [0.1, 0.15) is 32.3 Å². The summed E-state index contributed by atoms with van der Waals surface area (Å²) in [7, 11) is 0. The number of ether oxygens (including phenoxy) is 1. The van der Waals surface area contributed by atoms with Crippen LogP contribution in [0.3, 0.4) is 0 Å². The number of hydrogen-bond donors (Lipinski definition) is 4. The molecule has 156 valence electrons. The number of amides is 1. The normalized spacial score (nSPS) is 10.7. The number of hydrogen-bond acceptors (Lipinski definition) is 6. The highest BCUT2D eigenvalue weighted by atomic mass is 35.5. The predicted octanol–water partition coefficient (Wildman–Crippen LogP) is 4.60. The molecule has 1 heterocycles. The van der Waals surface area contributed by atoms with E-state index in [-0.39, 0.29) is 39.7 Å². The third-order valence-corrected chi connectivity index (χ3v) is 4.35. The fourth-order valence-electron chi connectivity index (χ4n) is 2.39. The fraction of sp³-hybridized carbons (Fsp3) is 0.278. The SMILES string of the molecule is CC(=O)Nc1cc(Oc2c(Cl)c(F)nc(NCC(=O)O)c2Cl)cc(C(C)C)c1O. The second-order valence-electron chi connectivity index (χ2n) is 6.30. The van der Waals surface area contributed by atoms with E-state index in [0.29, 0.717) is 5.56 Å². The van der Waals surface area contributed by atoms with Crippen molar-refractivity contribution in [3.63, 3.8) is 0 Å². The van der Waals surface area contributed by atoms with Crippen molar-refractivity contribution in [2.75, 3.05) is 17.2 Å². The number of halogens is 3. The van der Waals surface area contributed by atoms with Gasteiger partial charge >= 0.3 is 5.97 Å². The van der Waals surface area contributed by atoms with Crippen molar-refractivity contribution in [3.8, 4) is 17.2 Å². The van der Waals surface area contributed by atoms with Crippen LogP contribution in [-0.4, -0.2) is 33.6 Å². The van der Waals surface area contributed by atoms with Crippen molar-refractivity contribution < 1.29 is 28.9 Å². The summed E-state index contributed by atoms with van der Waals surface area (Å²) in [5.74, 6) is -3.49. The Labute approximate surface area is 175 Å². The number of nitrogens with zero attached hydrogens (tertiary/aromatic N) is 1. The van der Waals surface area contributed by atoms with Crippen LogP contribution in [0.2, 0.25) is 10.0 Å². The molecule has 2 rings (SSSR count). The topological polar surface area (TPSA) is 121 Å². The molecule has 29 heavy (non-hydrogen) atoms. The number of nitrogens with one attached hydrogen (secondary N) is 2. The minimum atomic E-state index is -1.21. The Morgan fingerprint density at radius 1 is 1.28 bits per heavy atom. The minimum Gasteiger partial charge on any atom is -0.505 e. The van der Waals surface area contributed by atoms with Crippen molar-refractivity contribution >= 4 is 46.6 Å².